The molecule has 3 aromatic rings. The Bertz CT molecular complexity index is 1040. The number of alkyl halides is 2. The molecule has 0 aliphatic heterocycles. The lowest BCUT2D eigenvalue weighted by molar-refractivity contribution is -0.0498. The van der Waals surface area contributed by atoms with Crippen molar-refractivity contribution in [1.29, 1.82) is 0 Å². The Balaban J connectivity index is 1.62. The van der Waals surface area contributed by atoms with Crippen molar-refractivity contribution in [3.05, 3.63) is 58.6 Å². The van der Waals surface area contributed by atoms with Gasteiger partial charge in [-0.1, -0.05) is 12.1 Å². The third kappa shape index (κ3) is 5.69. The molecule has 0 aliphatic carbocycles. The minimum absolute atomic E-state index is 0.103. The van der Waals surface area contributed by atoms with Crippen LogP contribution in [0.3, 0.4) is 0 Å². The molecule has 1 amide bonds. The van der Waals surface area contributed by atoms with Gasteiger partial charge in [0.05, 0.1) is 19.9 Å². The summed E-state index contributed by atoms with van der Waals surface area (Å²) in [5.41, 5.74) is 2.37. The zero-order valence-electron chi connectivity index (χ0n) is 17.3. The summed E-state index contributed by atoms with van der Waals surface area (Å²) in [7, 11) is 3.13. The first kappa shape index (κ1) is 22.5. The van der Waals surface area contributed by atoms with E-state index in [4.69, 9.17) is 9.47 Å². The van der Waals surface area contributed by atoms with Crippen molar-refractivity contribution in [2.45, 2.75) is 20.0 Å². The molecule has 1 aromatic heterocycles. The normalized spacial score (nSPS) is 10.8. The van der Waals surface area contributed by atoms with Gasteiger partial charge in [0.15, 0.2) is 11.5 Å². The molecule has 2 aromatic carbocycles. The monoisotopic (exact) mass is 448 g/mol. The van der Waals surface area contributed by atoms with Gasteiger partial charge in [-0.05, 0) is 49.2 Å². The van der Waals surface area contributed by atoms with Crippen LogP contribution in [0.2, 0.25) is 0 Å². The molecule has 0 saturated heterocycles. The number of carbonyl (C=O) groups excluding carboxylic acids is 1. The lowest BCUT2D eigenvalue weighted by Crippen LogP contribution is -2.25. The van der Waals surface area contributed by atoms with E-state index in [1.807, 2.05) is 12.1 Å². The van der Waals surface area contributed by atoms with Gasteiger partial charge < -0.3 is 19.5 Å². The van der Waals surface area contributed by atoms with Gasteiger partial charge >= 0.3 is 6.61 Å². The summed E-state index contributed by atoms with van der Waals surface area (Å²) < 4.78 is 39.3. The van der Waals surface area contributed by atoms with E-state index in [2.05, 4.69) is 15.0 Å². The Morgan fingerprint density at radius 3 is 2.45 bits per heavy atom. The molecule has 9 heteroatoms. The topological polar surface area (TPSA) is 69.7 Å². The Hall–Kier alpha value is -3.20. The number of amides is 1. The van der Waals surface area contributed by atoms with Crippen LogP contribution in [0.4, 0.5) is 8.78 Å². The number of methoxy groups -OCH3 is 2. The fourth-order valence-electron chi connectivity index (χ4n) is 2.94. The molecule has 0 atom stereocenters. The molecule has 3 rings (SSSR count). The van der Waals surface area contributed by atoms with Crippen molar-refractivity contribution in [2.75, 3.05) is 20.8 Å². The van der Waals surface area contributed by atoms with Crippen LogP contribution >= 0.6 is 11.3 Å². The molecule has 164 valence electrons. The van der Waals surface area contributed by atoms with Crippen LogP contribution in [0.1, 0.15) is 20.9 Å². The zero-order chi connectivity index (χ0) is 22.4. The van der Waals surface area contributed by atoms with E-state index >= 15 is 0 Å². The van der Waals surface area contributed by atoms with Crippen LogP contribution in [-0.4, -0.2) is 38.3 Å². The van der Waals surface area contributed by atoms with Gasteiger partial charge in [0.25, 0.3) is 5.91 Å². The third-order valence-electron chi connectivity index (χ3n) is 4.48. The molecular formula is C22H22F2N2O4S. The first-order valence-corrected chi connectivity index (χ1v) is 10.2. The van der Waals surface area contributed by atoms with Gasteiger partial charge in [-0.15, -0.1) is 11.3 Å². The number of aromatic nitrogens is 1. The molecule has 0 unspecified atom stereocenters. The first-order chi connectivity index (χ1) is 14.9. The van der Waals surface area contributed by atoms with Crippen LogP contribution in [0.15, 0.2) is 42.5 Å². The molecule has 0 spiro atoms. The molecule has 0 radical (unpaired) electrons. The van der Waals surface area contributed by atoms with Crippen LogP contribution in [0, 0.1) is 6.92 Å². The second-order valence-corrected chi connectivity index (χ2v) is 7.53. The average Bonchev–Trinajstić information content (AvgIpc) is 3.15. The van der Waals surface area contributed by atoms with E-state index in [0.717, 1.165) is 11.1 Å². The Morgan fingerprint density at radius 1 is 1.10 bits per heavy atom. The quantitative estimate of drug-likeness (QED) is 0.514. The molecule has 0 fully saturated rings. The summed E-state index contributed by atoms with van der Waals surface area (Å²) in [6, 6.07) is 11.8. The number of nitrogens with one attached hydrogen (secondary N) is 1. The van der Waals surface area contributed by atoms with E-state index in [9.17, 15) is 13.6 Å². The third-order valence-corrected chi connectivity index (χ3v) is 5.69. The van der Waals surface area contributed by atoms with E-state index in [-0.39, 0.29) is 11.7 Å². The summed E-state index contributed by atoms with van der Waals surface area (Å²) in [5, 5.41) is 3.58. The molecule has 0 aliphatic rings. The van der Waals surface area contributed by atoms with Crippen LogP contribution in [-0.2, 0) is 6.42 Å². The largest absolute Gasteiger partial charge is 0.493 e. The zero-order valence-corrected chi connectivity index (χ0v) is 18.1. The summed E-state index contributed by atoms with van der Waals surface area (Å²) in [5.74, 6) is 1.10. The summed E-state index contributed by atoms with van der Waals surface area (Å²) in [6.45, 7) is -0.661. The Kier molecular flexibility index (Phi) is 7.41. The summed E-state index contributed by atoms with van der Waals surface area (Å²) in [4.78, 5) is 17.7. The van der Waals surface area contributed by atoms with Crippen molar-refractivity contribution in [3.63, 3.8) is 0 Å². The second kappa shape index (κ2) is 10.2. The molecular weight excluding hydrogens is 426 g/mol. The van der Waals surface area contributed by atoms with Crippen molar-refractivity contribution in [3.8, 4) is 27.8 Å². The van der Waals surface area contributed by atoms with Gasteiger partial charge in [-0.3, -0.25) is 4.79 Å². The highest BCUT2D eigenvalue weighted by Gasteiger charge is 2.17. The summed E-state index contributed by atoms with van der Waals surface area (Å²) >= 11 is 1.30. The number of benzene rings is 2. The van der Waals surface area contributed by atoms with Crippen molar-refractivity contribution < 1.29 is 27.8 Å². The smallest absolute Gasteiger partial charge is 0.387 e. The fraction of sp³-hybridized carbons (Fsp3) is 0.273. The highest BCUT2D eigenvalue weighted by molar-refractivity contribution is 7.17. The maximum atomic E-state index is 12.6. The predicted molar refractivity (Wildman–Crippen MR) is 115 cm³/mol. The highest BCUT2D eigenvalue weighted by Crippen LogP contribution is 2.35. The van der Waals surface area contributed by atoms with Crippen molar-refractivity contribution in [1.82, 2.24) is 10.3 Å². The van der Waals surface area contributed by atoms with Crippen LogP contribution < -0.4 is 19.5 Å². The van der Waals surface area contributed by atoms with E-state index in [1.54, 1.807) is 39.3 Å². The van der Waals surface area contributed by atoms with Gasteiger partial charge in [0.2, 0.25) is 0 Å². The SMILES string of the molecule is COc1ccc(-c2nc(C)c(C(=O)NCCc3ccc(OC(F)F)cc3)s2)cc1OC. The maximum Gasteiger partial charge on any atom is 0.387 e. The van der Waals surface area contributed by atoms with Gasteiger partial charge in [0, 0.05) is 12.1 Å². The van der Waals surface area contributed by atoms with Gasteiger partial charge in [-0.25, -0.2) is 4.98 Å². The minimum Gasteiger partial charge on any atom is -0.493 e. The Labute approximate surface area is 182 Å². The number of rotatable bonds is 9. The number of hydrogen-bond donors (Lipinski definition) is 1. The molecule has 31 heavy (non-hydrogen) atoms. The second-order valence-electron chi connectivity index (χ2n) is 6.53. The Morgan fingerprint density at radius 2 is 1.81 bits per heavy atom. The number of aryl methyl sites for hydroxylation is 1. The lowest BCUT2D eigenvalue weighted by atomic mass is 10.1. The van der Waals surface area contributed by atoms with E-state index in [0.29, 0.717) is 40.0 Å². The van der Waals surface area contributed by atoms with E-state index < -0.39 is 6.61 Å². The number of carbonyl (C=O) groups is 1. The minimum atomic E-state index is -2.85. The number of ether oxygens (including phenoxy) is 3. The lowest BCUT2D eigenvalue weighted by Gasteiger charge is -2.08. The number of hydrogen-bond acceptors (Lipinski definition) is 6. The fourth-order valence-corrected chi connectivity index (χ4v) is 3.92. The molecule has 6 nitrogen and oxygen atoms in total. The van der Waals surface area contributed by atoms with Crippen LogP contribution in [0.5, 0.6) is 17.2 Å². The molecule has 1 N–H and O–H groups in total. The van der Waals surface area contributed by atoms with Gasteiger partial charge in [-0.2, -0.15) is 8.78 Å². The van der Waals surface area contributed by atoms with Crippen LogP contribution in [0.25, 0.3) is 10.6 Å². The molecule has 1 heterocycles. The maximum absolute atomic E-state index is 12.6. The number of nitrogens with zero attached hydrogens (tertiary/aromatic N) is 1. The predicted octanol–water partition coefficient (Wildman–Crippen LogP) is 4.71. The molecule has 0 saturated carbocycles. The number of thiazole rings is 1. The van der Waals surface area contributed by atoms with E-state index in [1.165, 1.54) is 23.5 Å². The van der Waals surface area contributed by atoms with Crippen molar-refractivity contribution in [2.24, 2.45) is 0 Å². The first-order valence-electron chi connectivity index (χ1n) is 9.43. The summed E-state index contributed by atoms with van der Waals surface area (Å²) in [6.07, 6.45) is 0.557. The van der Waals surface area contributed by atoms with Gasteiger partial charge in [0.1, 0.15) is 15.6 Å². The highest BCUT2D eigenvalue weighted by atomic mass is 32.1. The average molecular weight is 448 g/mol. The standard InChI is InChI=1S/C22H22F2N2O4S/c1-13-19(31-21(26-13)15-6-9-17(28-2)18(12-15)29-3)20(27)25-11-10-14-4-7-16(8-5-14)30-22(23)24/h4-9,12,22H,10-11H2,1-3H3,(H,25,27). The van der Waals surface area contributed by atoms with Crippen molar-refractivity contribution >= 4 is 17.2 Å². The molecule has 0 bridgehead atoms. The number of halogens is 2.